The molecule has 2 amide bonds. The van der Waals surface area contributed by atoms with Gasteiger partial charge in [-0.3, -0.25) is 14.5 Å². The first-order chi connectivity index (χ1) is 12.5. The van der Waals surface area contributed by atoms with Crippen LogP contribution in [0.15, 0.2) is 18.2 Å². The Balaban J connectivity index is 1.68. The first-order valence-electron chi connectivity index (χ1n) is 8.91. The number of carbonyl (C=O) groups is 2. The fourth-order valence-electron chi connectivity index (χ4n) is 3.29. The van der Waals surface area contributed by atoms with Gasteiger partial charge < -0.3 is 20.7 Å². The van der Waals surface area contributed by atoms with Gasteiger partial charge in [-0.15, -0.1) is 0 Å². The van der Waals surface area contributed by atoms with Crippen LogP contribution < -0.4 is 16.0 Å². The van der Waals surface area contributed by atoms with Crippen molar-refractivity contribution in [1.82, 2.24) is 4.90 Å². The van der Waals surface area contributed by atoms with E-state index in [0.29, 0.717) is 24.9 Å². The number of morpholine rings is 1. The summed E-state index contributed by atoms with van der Waals surface area (Å²) in [6.07, 6.45) is 3.26. The summed E-state index contributed by atoms with van der Waals surface area (Å²) in [6.45, 7) is 0.954. The van der Waals surface area contributed by atoms with E-state index >= 15 is 0 Å². The second-order valence-corrected chi connectivity index (χ2v) is 6.75. The number of benzene rings is 1. The van der Waals surface area contributed by atoms with Crippen molar-refractivity contribution in [1.29, 1.82) is 0 Å². The minimum Gasteiger partial charge on any atom is -0.370 e. The van der Waals surface area contributed by atoms with E-state index in [-0.39, 0.29) is 30.7 Å². The van der Waals surface area contributed by atoms with Crippen molar-refractivity contribution in [3.05, 3.63) is 24.0 Å². The number of anilines is 2. The Kier molecular flexibility index (Phi) is 5.85. The van der Waals surface area contributed by atoms with Crippen molar-refractivity contribution in [2.75, 3.05) is 43.6 Å². The van der Waals surface area contributed by atoms with Gasteiger partial charge in [0.15, 0.2) is 0 Å². The van der Waals surface area contributed by atoms with Crippen LogP contribution in [-0.4, -0.2) is 62.1 Å². The lowest BCUT2D eigenvalue weighted by Gasteiger charge is -2.38. The SMILES string of the molecule is CN(C1CCC1)[C@H](CN)C(=O)Nc1ccc(N2CCOCC2=O)cc1F. The number of nitrogens with zero attached hydrogens (tertiary/aromatic N) is 2. The number of hydrogen-bond donors (Lipinski definition) is 2. The lowest BCUT2D eigenvalue weighted by Crippen LogP contribution is -2.52. The maximum absolute atomic E-state index is 14.5. The minimum atomic E-state index is -0.586. The Labute approximate surface area is 152 Å². The van der Waals surface area contributed by atoms with Crippen molar-refractivity contribution >= 4 is 23.2 Å². The van der Waals surface area contributed by atoms with Gasteiger partial charge in [0.2, 0.25) is 5.91 Å². The molecule has 1 atom stereocenters. The Morgan fingerprint density at radius 3 is 2.85 bits per heavy atom. The molecular formula is C18H25FN4O3. The first-order valence-corrected chi connectivity index (χ1v) is 8.91. The molecule has 1 aliphatic carbocycles. The topological polar surface area (TPSA) is 87.9 Å². The number of nitrogens with one attached hydrogen (secondary N) is 1. The monoisotopic (exact) mass is 364 g/mol. The molecule has 26 heavy (non-hydrogen) atoms. The van der Waals surface area contributed by atoms with Gasteiger partial charge in [0, 0.05) is 24.8 Å². The average molecular weight is 364 g/mol. The lowest BCUT2D eigenvalue weighted by atomic mass is 9.90. The van der Waals surface area contributed by atoms with Crippen LogP contribution in [-0.2, 0) is 14.3 Å². The lowest BCUT2D eigenvalue weighted by molar-refractivity contribution is -0.125. The highest BCUT2D eigenvalue weighted by atomic mass is 19.1. The zero-order chi connectivity index (χ0) is 18.7. The third-order valence-electron chi connectivity index (χ3n) is 5.18. The highest BCUT2D eigenvalue weighted by molar-refractivity contribution is 5.97. The van der Waals surface area contributed by atoms with Crippen molar-refractivity contribution in [2.45, 2.75) is 31.3 Å². The van der Waals surface area contributed by atoms with Crippen LogP contribution >= 0.6 is 0 Å². The molecule has 2 aliphatic rings. The van der Waals surface area contributed by atoms with Crippen molar-refractivity contribution in [3.63, 3.8) is 0 Å². The second-order valence-electron chi connectivity index (χ2n) is 6.75. The molecule has 1 saturated heterocycles. The van der Waals surface area contributed by atoms with E-state index in [4.69, 9.17) is 10.5 Å². The standard InChI is InChI=1S/C18H25FN4O3/c1-22(12-3-2-4-12)16(10-20)18(25)21-15-6-5-13(9-14(15)19)23-7-8-26-11-17(23)24/h5-6,9,12,16H,2-4,7-8,10-11,20H2,1H3,(H,21,25)/t16-/m1/s1. The number of carbonyl (C=O) groups excluding carboxylic acids is 2. The Morgan fingerprint density at radius 1 is 1.50 bits per heavy atom. The Hall–Kier alpha value is -2.03. The van der Waals surface area contributed by atoms with Crippen LogP contribution in [0.1, 0.15) is 19.3 Å². The highest BCUT2D eigenvalue weighted by Crippen LogP contribution is 2.26. The molecule has 0 unspecified atom stereocenters. The van der Waals surface area contributed by atoms with E-state index in [2.05, 4.69) is 5.32 Å². The van der Waals surface area contributed by atoms with Crippen molar-refractivity contribution in [2.24, 2.45) is 5.73 Å². The fourth-order valence-corrected chi connectivity index (χ4v) is 3.29. The van der Waals surface area contributed by atoms with E-state index in [1.54, 1.807) is 6.07 Å². The molecule has 0 aromatic heterocycles. The van der Waals surface area contributed by atoms with E-state index in [1.165, 1.54) is 17.0 Å². The molecule has 3 N–H and O–H groups in total. The van der Waals surface area contributed by atoms with E-state index in [9.17, 15) is 14.0 Å². The summed E-state index contributed by atoms with van der Waals surface area (Å²) in [5.74, 6) is -1.12. The van der Waals surface area contributed by atoms with E-state index < -0.39 is 11.9 Å². The third-order valence-corrected chi connectivity index (χ3v) is 5.18. The van der Waals surface area contributed by atoms with Crippen LogP contribution in [0.5, 0.6) is 0 Å². The van der Waals surface area contributed by atoms with Crippen LogP contribution in [0.4, 0.5) is 15.8 Å². The molecule has 142 valence electrons. The van der Waals surface area contributed by atoms with Gasteiger partial charge in [-0.05, 0) is 38.1 Å². The first kappa shape index (κ1) is 18.8. The number of amides is 2. The molecule has 2 fully saturated rings. The molecule has 0 radical (unpaired) electrons. The van der Waals surface area contributed by atoms with Crippen LogP contribution in [0.3, 0.4) is 0 Å². The molecule has 0 spiro atoms. The minimum absolute atomic E-state index is 0.00815. The molecule has 1 aliphatic heterocycles. The molecule has 3 rings (SSSR count). The van der Waals surface area contributed by atoms with Gasteiger partial charge in [-0.25, -0.2) is 4.39 Å². The quantitative estimate of drug-likeness (QED) is 0.784. The zero-order valence-corrected chi connectivity index (χ0v) is 14.9. The smallest absolute Gasteiger partial charge is 0.253 e. The summed E-state index contributed by atoms with van der Waals surface area (Å²) in [6, 6.07) is 4.21. The van der Waals surface area contributed by atoms with E-state index in [0.717, 1.165) is 19.3 Å². The predicted octanol–water partition coefficient (Wildman–Crippen LogP) is 0.939. The largest absolute Gasteiger partial charge is 0.370 e. The summed E-state index contributed by atoms with van der Waals surface area (Å²) in [5.41, 5.74) is 6.31. The molecule has 1 aromatic rings. The average Bonchev–Trinajstić information content (AvgIpc) is 2.56. The van der Waals surface area contributed by atoms with Gasteiger partial charge >= 0.3 is 0 Å². The molecular weight excluding hydrogens is 339 g/mol. The number of halogens is 1. The number of hydrogen-bond acceptors (Lipinski definition) is 5. The summed E-state index contributed by atoms with van der Waals surface area (Å²) in [5, 5.41) is 2.62. The van der Waals surface area contributed by atoms with Gasteiger partial charge in [-0.1, -0.05) is 6.42 Å². The predicted molar refractivity (Wildman–Crippen MR) is 96.4 cm³/mol. The summed E-state index contributed by atoms with van der Waals surface area (Å²) >= 11 is 0. The van der Waals surface area contributed by atoms with Crippen molar-refractivity contribution in [3.8, 4) is 0 Å². The number of rotatable bonds is 6. The molecule has 8 heteroatoms. The van der Waals surface area contributed by atoms with Crippen molar-refractivity contribution < 1.29 is 18.7 Å². The normalized spacial score (nSPS) is 19.4. The molecule has 1 heterocycles. The van der Waals surface area contributed by atoms with Gasteiger partial charge in [0.1, 0.15) is 18.5 Å². The number of ether oxygens (including phenoxy) is 1. The molecule has 1 aromatic carbocycles. The summed E-state index contributed by atoms with van der Waals surface area (Å²) in [7, 11) is 1.88. The molecule has 7 nitrogen and oxygen atoms in total. The maximum atomic E-state index is 14.5. The van der Waals surface area contributed by atoms with Gasteiger partial charge in [0.05, 0.1) is 12.3 Å². The molecule has 1 saturated carbocycles. The maximum Gasteiger partial charge on any atom is 0.253 e. The Bertz CT molecular complexity index is 680. The van der Waals surface area contributed by atoms with Crippen LogP contribution in [0.25, 0.3) is 0 Å². The Morgan fingerprint density at radius 2 is 2.27 bits per heavy atom. The summed E-state index contributed by atoms with van der Waals surface area (Å²) in [4.78, 5) is 27.8. The third kappa shape index (κ3) is 3.87. The fraction of sp³-hybridized carbons (Fsp3) is 0.556. The highest BCUT2D eigenvalue weighted by Gasteiger charge is 2.31. The van der Waals surface area contributed by atoms with Gasteiger partial charge in [-0.2, -0.15) is 0 Å². The van der Waals surface area contributed by atoms with Gasteiger partial charge in [0.25, 0.3) is 5.91 Å². The summed E-state index contributed by atoms with van der Waals surface area (Å²) < 4.78 is 19.5. The second kappa shape index (κ2) is 8.11. The number of nitrogens with two attached hydrogens (primary N) is 1. The van der Waals surface area contributed by atoms with E-state index in [1.807, 2.05) is 11.9 Å². The molecule has 0 bridgehead atoms. The van der Waals surface area contributed by atoms with Crippen LogP contribution in [0, 0.1) is 5.82 Å². The number of likely N-dealkylation sites (N-methyl/N-ethyl adjacent to an activating group) is 1. The zero-order valence-electron chi connectivity index (χ0n) is 14.9. The van der Waals surface area contributed by atoms with Crippen LogP contribution in [0.2, 0.25) is 0 Å².